The third kappa shape index (κ3) is 5.03. The van der Waals surface area contributed by atoms with E-state index < -0.39 is 11.6 Å². The van der Waals surface area contributed by atoms with Crippen molar-refractivity contribution in [2.24, 2.45) is 0 Å². The average Bonchev–Trinajstić information content (AvgIpc) is 3.33. The molecule has 1 aliphatic heterocycles. The molecule has 6 nitrogen and oxygen atoms in total. The summed E-state index contributed by atoms with van der Waals surface area (Å²) in [6.07, 6.45) is 1.58. The summed E-state index contributed by atoms with van der Waals surface area (Å²) in [7, 11) is 0. The molecule has 32 heavy (non-hydrogen) atoms. The number of piperazine rings is 1. The van der Waals surface area contributed by atoms with Crippen LogP contribution in [0.4, 0.5) is 14.5 Å². The molecule has 1 aliphatic rings. The van der Waals surface area contributed by atoms with Crippen molar-refractivity contribution >= 4 is 17.5 Å². The molecule has 0 unspecified atom stereocenters. The largest absolute Gasteiger partial charge is 0.467 e. The zero-order valence-electron chi connectivity index (χ0n) is 17.4. The van der Waals surface area contributed by atoms with Gasteiger partial charge in [-0.1, -0.05) is 18.2 Å². The van der Waals surface area contributed by atoms with Gasteiger partial charge < -0.3 is 14.2 Å². The Kier molecular flexibility index (Phi) is 6.61. The minimum absolute atomic E-state index is 0.0759. The van der Waals surface area contributed by atoms with Crippen molar-refractivity contribution in [1.82, 2.24) is 9.80 Å². The van der Waals surface area contributed by atoms with Crippen LogP contribution in [0.1, 0.15) is 16.1 Å². The Labute approximate surface area is 184 Å². The Morgan fingerprint density at radius 3 is 2.31 bits per heavy atom. The van der Waals surface area contributed by atoms with Crippen molar-refractivity contribution in [1.29, 1.82) is 0 Å². The zero-order chi connectivity index (χ0) is 22.5. The molecule has 2 amide bonds. The van der Waals surface area contributed by atoms with Gasteiger partial charge in [0.25, 0.3) is 5.91 Å². The van der Waals surface area contributed by atoms with E-state index in [0.29, 0.717) is 38.5 Å². The molecule has 166 valence electrons. The van der Waals surface area contributed by atoms with Crippen LogP contribution in [0.2, 0.25) is 0 Å². The fourth-order valence-electron chi connectivity index (χ4n) is 3.69. The van der Waals surface area contributed by atoms with E-state index in [1.807, 2.05) is 41.3 Å². The van der Waals surface area contributed by atoms with Crippen molar-refractivity contribution in [3.8, 4) is 0 Å². The van der Waals surface area contributed by atoms with Gasteiger partial charge in [-0.25, -0.2) is 8.78 Å². The van der Waals surface area contributed by atoms with E-state index in [1.54, 1.807) is 22.1 Å². The van der Waals surface area contributed by atoms with Gasteiger partial charge in [0.2, 0.25) is 5.91 Å². The summed E-state index contributed by atoms with van der Waals surface area (Å²) in [5.74, 6) is -1.77. The fraction of sp³-hybridized carbons (Fsp3) is 0.250. The van der Waals surface area contributed by atoms with Gasteiger partial charge in [0.05, 0.1) is 19.4 Å². The predicted octanol–water partition coefficient (Wildman–Crippen LogP) is 3.55. The maximum absolute atomic E-state index is 13.5. The summed E-state index contributed by atoms with van der Waals surface area (Å²) in [4.78, 5) is 31.0. The van der Waals surface area contributed by atoms with Gasteiger partial charge in [-0.2, -0.15) is 0 Å². The molecule has 1 saturated heterocycles. The van der Waals surface area contributed by atoms with Crippen LogP contribution < -0.4 is 4.90 Å². The van der Waals surface area contributed by atoms with E-state index in [1.165, 1.54) is 6.07 Å². The van der Waals surface area contributed by atoms with E-state index in [0.717, 1.165) is 17.8 Å². The lowest BCUT2D eigenvalue weighted by atomic mass is 10.1. The Morgan fingerprint density at radius 2 is 1.66 bits per heavy atom. The monoisotopic (exact) mass is 439 g/mol. The summed E-state index contributed by atoms with van der Waals surface area (Å²) in [6, 6.07) is 16.2. The Morgan fingerprint density at radius 1 is 0.906 bits per heavy atom. The molecule has 2 aromatic carbocycles. The van der Waals surface area contributed by atoms with Crippen LogP contribution in [-0.4, -0.2) is 54.3 Å². The average molecular weight is 439 g/mol. The number of furan rings is 1. The molecule has 0 N–H and O–H groups in total. The molecule has 1 fully saturated rings. The van der Waals surface area contributed by atoms with Crippen molar-refractivity contribution in [2.45, 2.75) is 6.54 Å². The topological polar surface area (TPSA) is 57.0 Å². The van der Waals surface area contributed by atoms with Gasteiger partial charge in [-0.05, 0) is 42.5 Å². The van der Waals surface area contributed by atoms with E-state index in [9.17, 15) is 18.4 Å². The minimum atomic E-state index is -1.04. The first-order chi connectivity index (χ1) is 15.5. The standard InChI is InChI=1S/C24H23F2N3O3/c25-21-9-8-18(15-22(21)26)24(31)28-12-10-27(11-13-28)17-23(30)29(16-20-7-4-14-32-20)19-5-2-1-3-6-19/h1-9,14-15H,10-13,16-17H2. The number of halogens is 2. The van der Waals surface area contributed by atoms with Gasteiger partial charge >= 0.3 is 0 Å². The molecule has 1 aromatic heterocycles. The molecule has 2 heterocycles. The van der Waals surface area contributed by atoms with Gasteiger partial charge in [0.15, 0.2) is 11.6 Å². The van der Waals surface area contributed by atoms with E-state index >= 15 is 0 Å². The number of nitrogens with zero attached hydrogens (tertiary/aromatic N) is 3. The number of anilines is 1. The van der Waals surface area contributed by atoms with E-state index in [-0.39, 0.29) is 23.9 Å². The highest BCUT2D eigenvalue weighted by molar-refractivity contribution is 5.95. The zero-order valence-corrected chi connectivity index (χ0v) is 17.4. The Bertz CT molecular complexity index is 1070. The molecule has 0 radical (unpaired) electrons. The van der Waals surface area contributed by atoms with Gasteiger partial charge in [-0.15, -0.1) is 0 Å². The lowest BCUT2D eigenvalue weighted by Gasteiger charge is -2.35. The quantitative estimate of drug-likeness (QED) is 0.590. The lowest BCUT2D eigenvalue weighted by Crippen LogP contribution is -2.51. The number of carbonyl (C=O) groups is 2. The molecule has 0 aliphatic carbocycles. The van der Waals surface area contributed by atoms with Crippen molar-refractivity contribution < 1.29 is 22.8 Å². The Balaban J connectivity index is 1.37. The number of carbonyl (C=O) groups excluding carboxylic acids is 2. The molecule has 0 bridgehead atoms. The molecule has 0 spiro atoms. The maximum Gasteiger partial charge on any atom is 0.254 e. The lowest BCUT2D eigenvalue weighted by molar-refractivity contribution is -0.120. The second-order valence-electron chi connectivity index (χ2n) is 7.59. The fourth-order valence-corrected chi connectivity index (χ4v) is 3.69. The molecular weight excluding hydrogens is 416 g/mol. The summed E-state index contributed by atoms with van der Waals surface area (Å²) < 4.78 is 32.0. The van der Waals surface area contributed by atoms with E-state index in [2.05, 4.69) is 0 Å². The van der Waals surface area contributed by atoms with Crippen LogP contribution in [0.25, 0.3) is 0 Å². The SMILES string of the molecule is O=C(c1ccc(F)c(F)c1)N1CCN(CC(=O)N(Cc2ccco2)c2ccccc2)CC1. The normalized spacial score (nSPS) is 14.4. The van der Waals surface area contributed by atoms with Gasteiger partial charge in [0.1, 0.15) is 5.76 Å². The second-order valence-corrected chi connectivity index (χ2v) is 7.59. The summed E-state index contributed by atoms with van der Waals surface area (Å²) in [5.41, 5.74) is 0.892. The molecule has 0 saturated carbocycles. The highest BCUT2D eigenvalue weighted by Gasteiger charge is 2.26. The Hall–Kier alpha value is -3.52. The molecule has 3 aromatic rings. The summed E-state index contributed by atoms with van der Waals surface area (Å²) >= 11 is 0. The smallest absolute Gasteiger partial charge is 0.254 e. The second kappa shape index (κ2) is 9.74. The first-order valence-electron chi connectivity index (χ1n) is 10.4. The summed E-state index contributed by atoms with van der Waals surface area (Å²) in [5, 5.41) is 0. The van der Waals surface area contributed by atoms with Crippen LogP contribution in [0.5, 0.6) is 0 Å². The molecular formula is C24H23F2N3O3. The summed E-state index contributed by atoms with van der Waals surface area (Å²) in [6.45, 7) is 2.32. The highest BCUT2D eigenvalue weighted by atomic mass is 19.2. The number of amides is 2. The van der Waals surface area contributed by atoms with Crippen molar-refractivity contribution in [3.63, 3.8) is 0 Å². The van der Waals surface area contributed by atoms with Crippen LogP contribution in [0.3, 0.4) is 0 Å². The number of rotatable bonds is 6. The number of hydrogen-bond acceptors (Lipinski definition) is 4. The van der Waals surface area contributed by atoms with E-state index in [4.69, 9.17) is 4.42 Å². The highest BCUT2D eigenvalue weighted by Crippen LogP contribution is 2.19. The number of benzene rings is 2. The molecule has 4 rings (SSSR count). The van der Waals surface area contributed by atoms with Crippen LogP contribution in [-0.2, 0) is 11.3 Å². The van der Waals surface area contributed by atoms with Crippen molar-refractivity contribution in [2.75, 3.05) is 37.6 Å². The van der Waals surface area contributed by atoms with Crippen LogP contribution in [0.15, 0.2) is 71.3 Å². The third-order valence-electron chi connectivity index (χ3n) is 5.45. The van der Waals surface area contributed by atoms with Crippen LogP contribution >= 0.6 is 0 Å². The first-order valence-corrected chi connectivity index (χ1v) is 10.4. The maximum atomic E-state index is 13.5. The minimum Gasteiger partial charge on any atom is -0.467 e. The van der Waals surface area contributed by atoms with Gasteiger partial charge in [-0.3, -0.25) is 14.5 Å². The number of para-hydroxylation sites is 1. The first kappa shape index (κ1) is 21.7. The molecule has 8 heteroatoms. The molecule has 0 atom stereocenters. The van der Waals surface area contributed by atoms with Crippen LogP contribution in [0, 0.1) is 11.6 Å². The third-order valence-corrected chi connectivity index (χ3v) is 5.45. The number of hydrogen-bond donors (Lipinski definition) is 0. The predicted molar refractivity (Wildman–Crippen MR) is 115 cm³/mol. The van der Waals surface area contributed by atoms with Gasteiger partial charge in [0, 0.05) is 37.4 Å². The van der Waals surface area contributed by atoms with Crippen molar-refractivity contribution in [3.05, 3.63) is 89.9 Å².